The second kappa shape index (κ2) is 15.9. The van der Waals surface area contributed by atoms with Crippen LogP contribution in [0.2, 0.25) is 0 Å². The van der Waals surface area contributed by atoms with E-state index in [1.807, 2.05) is 15.1 Å². The lowest BCUT2D eigenvalue weighted by atomic mass is 10.1. The standard InChI is InChI=1S/C39H55N13/c1-26-13-15-32-34(38(47-51(32)28(26)3)42-17-11-23-49-19-7-5-8-20-49)44-36-30(40)25-31(41)37(46-36)45-35-33-16-14-27(2)29(4)52(33)48-39(35)43-18-12-24-50-21-9-6-10-22-50/h13-16,25,40H,5-12,17-24,41H2,1-4H3,(H,42,47)(H,43,48)(H,44,45,46). The zero-order valence-electron chi connectivity index (χ0n) is 31.4. The summed E-state index contributed by atoms with van der Waals surface area (Å²) >= 11 is 0. The highest BCUT2D eigenvalue weighted by Crippen LogP contribution is 2.33. The number of aliphatic imine (C=N–C) groups is 2. The van der Waals surface area contributed by atoms with Crippen LogP contribution in [0, 0.1) is 33.1 Å². The summed E-state index contributed by atoms with van der Waals surface area (Å²) in [6.07, 6.45) is 11.5. The van der Waals surface area contributed by atoms with Crippen LogP contribution in [-0.2, 0) is 0 Å². The fourth-order valence-corrected chi connectivity index (χ4v) is 7.44. The maximum atomic E-state index is 8.89. The third kappa shape index (κ3) is 7.70. The Labute approximate surface area is 307 Å². The molecule has 0 spiro atoms. The van der Waals surface area contributed by atoms with Gasteiger partial charge in [-0.25, -0.2) is 19.0 Å². The van der Waals surface area contributed by atoms with Gasteiger partial charge in [-0.15, -0.1) is 10.2 Å². The highest BCUT2D eigenvalue weighted by Gasteiger charge is 2.23. The Morgan fingerprint density at radius 1 is 0.731 bits per heavy atom. The predicted molar refractivity (Wildman–Crippen MR) is 214 cm³/mol. The lowest BCUT2D eigenvalue weighted by molar-refractivity contribution is 0.228. The Hall–Kier alpha value is -4.75. The van der Waals surface area contributed by atoms with Crippen molar-refractivity contribution in [2.45, 2.75) is 79.1 Å². The first kappa shape index (κ1) is 35.6. The van der Waals surface area contributed by atoms with Crippen molar-refractivity contribution in [3.63, 3.8) is 0 Å². The molecule has 13 heteroatoms. The number of hydrogen-bond acceptors (Lipinski definition) is 10. The van der Waals surface area contributed by atoms with Gasteiger partial charge in [0.25, 0.3) is 0 Å². The Kier molecular flexibility index (Phi) is 10.9. The van der Waals surface area contributed by atoms with E-state index in [2.05, 4.69) is 71.6 Å². The molecule has 0 bridgehead atoms. The molecule has 6 N–H and O–H groups in total. The molecule has 2 fully saturated rings. The summed E-state index contributed by atoms with van der Waals surface area (Å²) in [6, 6.07) is 8.31. The van der Waals surface area contributed by atoms with E-state index in [0.29, 0.717) is 28.9 Å². The van der Waals surface area contributed by atoms with Gasteiger partial charge in [-0.1, -0.05) is 25.0 Å². The van der Waals surface area contributed by atoms with Crippen LogP contribution in [0.25, 0.3) is 11.0 Å². The van der Waals surface area contributed by atoms with Crippen LogP contribution in [0.1, 0.15) is 73.9 Å². The smallest absolute Gasteiger partial charge is 0.178 e. The molecule has 0 radical (unpaired) electrons. The molecular formula is C39H55N13. The summed E-state index contributed by atoms with van der Waals surface area (Å²) in [6.45, 7) is 16.8. The maximum Gasteiger partial charge on any atom is 0.178 e. The van der Waals surface area contributed by atoms with E-state index in [9.17, 15) is 0 Å². The fraction of sp³-hybridized carbons (Fsp3) is 0.513. The normalized spacial score (nSPS) is 18.3. The van der Waals surface area contributed by atoms with Crippen molar-refractivity contribution in [2.24, 2.45) is 15.7 Å². The lowest BCUT2D eigenvalue weighted by Gasteiger charge is -2.26. The van der Waals surface area contributed by atoms with Crippen LogP contribution in [0.4, 0.5) is 23.0 Å². The van der Waals surface area contributed by atoms with E-state index in [1.165, 1.54) is 64.7 Å². The Bertz CT molecular complexity index is 2020. The summed E-state index contributed by atoms with van der Waals surface area (Å²) < 4.78 is 3.91. The number of dihydropyridines is 1. The summed E-state index contributed by atoms with van der Waals surface area (Å²) in [7, 11) is 0. The zero-order chi connectivity index (χ0) is 36.2. The summed E-state index contributed by atoms with van der Waals surface area (Å²) in [5.74, 6) is 2.12. The van der Waals surface area contributed by atoms with E-state index < -0.39 is 0 Å². The van der Waals surface area contributed by atoms with Crippen molar-refractivity contribution in [1.29, 1.82) is 5.41 Å². The Balaban J connectivity index is 1.16. The highest BCUT2D eigenvalue weighted by atomic mass is 15.3. The van der Waals surface area contributed by atoms with Crippen molar-refractivity contribution < 1.29 is 0 Å². The number of nitrogens with one attached hydrogen (secondary N) is 4. The minimum atomic E-state index is 0.179. The van der Waals surface area contributed by atoms with E-state index in [4.69, 9.17) is 31.3 Å². The molecule has 276 valence electrons. The van der Waals surface area contributed by atoms with Gasteiger partial charge < -0.3 is 31.5 Å². The van der Waals surface area contributed by atoms with Crippen molar-refractivity contribution in [2.75, 3.05) is 68.3 Å². The lowest BCUT2D eigenvalue weighted by Crippen LogP contribution is -2.31. The first-order valence-electron chi connectivity index (χ1n) is 19.2. The monoisotopic (exact) mass is 705 g/mol. The van der Waals surface area contributed by atoms with Crippen LogP contribution in [0.3, 0.4) is 0 Å². The molecule has 0 unspecified atom stereocenters. The molecule has 7 heterocycles. The minimum absolute atomic E-state index is 0.179. The van der Waals surface area contributed by atoms with Gasteiger partial charge in [-0.05, 0) is 135 Å². The minimum Gasteiger partial charge on any atom is -0.396 e. The van der Waals surface area contributed by atoms with Crippen LogP contribution in [0.15, 0.2) is 46.0 Å². The molecule has 4 aromatic heterocycles. The molecular weight excluding hydrogens is 651 g/mol. The van der Waals surface area contributed by atoms with E-state index in [0.717, 1.165) is 84.1 Å². The van der Waals surface area contributed by atoms with Crippen molar-refractivity contribution >= 4 is 51.4 Å². The second-order valence-corrected chi connectivity index (χ2v) is 14.6. The van der Waals surface area contributed by atoms with Gasteiger partial charge in [-0.2, -0.15) is 0 Å². The third-order valence-corrected chi connectivity index (χ3v) is 10.9. The Morgan fingerprint density at radius 2 is 1.27 bits per heavy atom. The Morgan fingerprint density at radius 3 is 1.88 bits per heavy atom. The van der Waals surface area contributed by atoms with Crippen molar-refractivity contribution in [1.82, 2.24) is 29.0 Å². The first-order chi connectivity index (χ1) is 25.3. The molecule has 13 nitrogen and oxygen atoms in total. The number of aromatic nitrogens is 4. The van der Waals surface area contributed by atoms with Crippen molar-refractivity contribution in [3.05, 3.63) is 58.6 Å². The zero-order valence-corrected chi connectivity index (χ0v) is 31.4. The predicted octanol–water partition coefficient (Wildman–Crippen LogP) is 6.21. The maximum absolute atomic E-state index is 8.89. The number of amidine groups is 2. The summed E-state index contributed by atoms with van der Waals surface area (Å²) in [5.41, 5.74) is 14.7. The van der Waals surface area contributed by atoms with Crippen molar-refractivity contribution in [3.8, 4) is 0 Å². The molecule has 4 aromatic rings. The van der Waals surface area contributed by atoms with E-state index >= 15 is 0 Å². The van der Waals surface area contributed by atoms with E-state index in [-0.39, 0.29) is 5.71 Å². The second-order valence-electron chi connectivity index (χ2n) is 14.6. The third-order valence-electron chi connectivity index (χ3n) is 10.9. The highest BCUT2D eigenvalue weighted by molar-refractivity contribution is 6.52. The van der Waals surface area contributed by atoms with Gasteiger partial charge in [0.2, 0.25) is 0 Å². The molecule has 0 aliphatic carbocycles. The molecule has 3 aliphatic heterocycles. The topological polar surface area (TPSA) is 152 Å². The number of fused-ring (bicyclic) bond motifs is 2. The number of piperidine rings is 2. The molecule has 0 saturated carbocycles. The molecule has 0 atom stereocenters. The number of nitrogens with two attached hydrogens (primary N) is 1. The molecule has 52 heavy (non-hydrogen) atoms. The van der Waals surface area contributed by atoms with Gasteiger partial charge >= 0.3 is 0 Å². The van der Waals surface area contributed by atoms with Crippen LogP contribution in [0.5, 0.6) is 0 Å². The van der Waals surface area contributed by atoms with Gasteiger partial charge in [0.05, 0.1) is 22.4 Å². The average Bonchev–Trinajstić information content (AvgIpc) is 3.69. The fourth-order valence-electron chi connectivity index (χ4n) is 7.44. The van der Waals surface area contributed by atoms with Gasteiger partial charge in [-0.3, -0.25) is 5.41 Å². The number of nitrogens with zero attached hydrogens (tertiary/aromatic N) is 8. The molecule has 0 amide bonds. The summed E-state index contributed by atoms with van der Waals surface area (Å²) in [5, 5.41) is 29.5. The quantitative estimate of drug-likeness (QED) is 0.109. The SMILES string of the molecule is Cc1ccc2c(N=C3N=C(Nc4c(NCCCN5CCCCC5)nn5c(C)c(C)ccc45)C(=N)C=C3N)c(NCCCN3CCCCC3)nn2c1C. The number of anilines is 3. The number of hydrogen-bond donors (Lipinski definition) is 5. The van der Waals surface area contributed by atoms with Crippen LogP contribution < -0.4 is 21.7 Å². The first-order valence-corrected chi connectivity index (χ1v) is 19.2. The van der Waals surface area contributed by atoms with E-state index in [1.54, 1.807) is 6.08 Å². The number of likely N-dealkylation sites (tertiary alicyclic amines) is 2. The number of rotatable bonds is 12. The molecule has 7 rings (SSSR count). The largest absolute Gasteiger partial charge is 0.396 e. The van der Waals surface area contributed by atoms with Gasteiger partial charge in [0.1, 0.15) is 11.4 Å². The molecule has 0 aromatic carbocycles. The van der Waals surface area contributed by atoms with Crippen LogP contribution in [-0.4, -0.2) is 98.8 Å². The number of pyridine rings is 2. The molecule has 2 saturated heterocycles. The van der Waals surface area contributed by atoms with Gasteiger partial charge in [0, 0.05) is 24.5 Å². The summed E-state index contributed by atoms with van der Waals surface area (Å²) in [4.78, 5) is 15.0. The van der Waals surface area contributed by atoms with Crippen LogP contribution >= 0.6 is 0 Å². The number of aryl methyl sites for hydroxylation is 4. The molecule has 3 aliphatic rings. The average molecular weight is 706 g/mol. The van der Waals surface area contributed by atoms with Gasteiger partial charge in [0.15, 0.2) is 23.3 Å².